The predicted octanol–water partition coefficient (Wildman–Crippen LogP) is 3.77. The SMILES string of the molecule is C=CCNC(=O)Nc1ccc(NC(C)C(=O)N2CCCc3ccccc32)cc1. The van der Waals surface area contributed by atoms with Crippen LogP contribution in [0.2, 0.25) is 0 Å². The van der Waals surface area contributed by atoms with Gasteiger partial charge in [-0.05, 0) is 55.7 Å². The maximum Gasteiger partial charge on any atom is 0.319 e. The summed E-state index contributed by atoms with van der Waals surface area (Å²) in [6.45, 7) is 6.58. The molecule has 0 spiro atoms. The second kappa shape index (κ2) is 9.08. The van der Waals surface area contributed by atoms with Crippen LogP contribution in [-0.2, 0) is 11.2 Å². The van der Waals surface area contributed by atoms with Gasteiger partial charge in [0.2, 0.25) is 5.91 Å². The Morgan fingerprint density at radius 3 is 2.61 bits per heavy atom. The number of anilines is 3. The summed E-state index contributed by atoms with van der Waals surface area (Å²) < 4.78 is 0. The summed E-state index contributed by atoms with van der Waals surface area (Å²) in [7, 11) is 0. The molecule has 1 aliphatic heterocycles. The van der Waals surface area contributed by atoms with Crippen LogP contribution >= 0.6 is 0 Å². The predicted molar refractivity (Wildman–Crippen MR) is 114 cm³/mol. The first kappa shape index (κ1) is 19.5. The Labute approximate surface area is 165 Å². The molecule has 0 saturated heterocycles. The van der Waals surface area contributed by atoms with E-state index in [0.717, 1.165) is 30.8 Å². The van der Waals surface area contributed by atoms with Gasteiger partial charge in [0.05, 0.1) is 0 Å². The Morgan fingerprint density at radius 2 is 1.86 bits per heavy atom. The number of rotatable bonds is 6. The summed E-state index contributed by atoms with van der Waals surface area (Å²) in [5.41, 5.74) is 3.73. The van der Waals surface area contributed by atoms with Crippen LogP contribution in [0.5, 0.6) is 0 Å². The molecule has 0 aromatic heterocycles. The van der Waals surface area contributed by atoms with Crippen LogP contribution in [0.25, 0.3) is 0 Å². The summed E-state index contributed by atoms with van der Waals surface area (Å²) in [5, 5.41) is 8.65. The first-order valence-electron chi connectivity index (χ1n) is 9.50. The number of amides is 3. The largest absolute Gasteiger partial charge is 0.374 e. The third-order valence-electron chi connectivity index (χ3n) is 4.68. The van der Waals surface area contributed by atoms with Crippen molar-refractivity contribution in [3.63, 3.8) is 0 Å². The van der Waals surface area contributed by atoms with E-state index in [1.807, 2.05) is 42.2 Å². The Bertz CT molecular complexity index is 848. The number of carbonyl (C=O) groups is 2. The lowest BCUT2D eigenvalue weighted by molar-refractivity contribution is -0.119. The molecule has 2 aromatic carbocycles. The molecule has 0 aliphatic carbocycles. The molecular formula is C22H26N4O2. The normalized spacial score (nSPS) is 13.8. The van der Waals surface area contributed by atoms with Crippen molar-refractivity contribution in [2.45, 2.75) is 25.8 Å². The van der Waals surface area contributed by atoms with Crippen molar-refractivity contribution >= 4 is 29.0 Å². The van der Waals surface area contributed by atoms with Crippen molar-refractivity contribution in [3.05, 3.63) is 66.7 Å². The molecule has 0 bridgehead atoms. The van der Waals surface area contributed by atoms with Crippen LogP contribution in [0, 0.1) is 0 Å². The highest BCUT2D eigenvalue weighted by Crippen LogP contribution is 2.27. The maximum atomic E-state index is 13.0. The molecule has 3 N–H and O–H groups in total. The number of nitrogens with one attached hydrogen (secondary N) is 3. The van der Waals surface area contributed by atoms with Gasteiger partial charge in [-0.1, -0.05) is 24.3 Å². The highest BCUT2D eigenvalue weighted by molar-refractivity contribution is 5.99. The Kier molecular flexibility index (Phi) is 6.32. The van der Waals surface area contributed by atoms with Gasteiger partial charge in [-0.15, -0.1) is 6.58 Å². The van der Waals surface area contributed by atoms with Gasteiger partial charge in [0, 0.05) is 30.2 Å². The number of benzene rings is 2. The third kappa shape index (κ3) is 4.71. The van der Waals surface area contributed by atoms with Gasteiger partial charge in [-0.2, -0.15) is 0 Å². The van der Waals surface area contributed by atoms with Crippen molar-refractivity contribution in [1.82, 2.24) is 5.32 Å². The fourth-order valence-corrected chi connectivity index (χ4v) is 3.30. The molecule has 3 amide bonds. The quantitative estimate of drug-likeness (QED) is 0.670. The summed E-state index contributed by atoms with van der Waals surface area (Å²) in [6.07, 6.45) is 3.60. The Balaban J connectivity index is 1.60. The number of para-hydroxylation sites is 1. The molecule has 146 valence electrons. The minimum absolute atomic E-state index is 0.0538. The number of urea groups is 1. The van der Waals surface area contributed by atoms with Crippen molar-refractivity contribution in [1.29, 1.82) is 0 Å². The van der Waals surface area contributed by atoms with E-state index < -0.39 is 0 Å². The van der Waals surface area contributed by atoms with Gasteiger partial charge >= 0.3 is 6.03 Å². The zero-order valence-corrected chi connectivity index (χ0v) is 16.1. The molecule has 1 aliphatic rings. The van der Waals surface area contributed by atoms with E-state index in [1.54, 1.807) is 18.2 Å². The zero-order chi connectivity index (χ0) is 19.9. The molecule has 3 rings (SSSR count). The molecule has 28 heavy (non-hydrogen) atoms. The highest BCUT2D eigenvalue weighted by atomic mass is 16.2. The van der Waals surface area contributed by atoms with Gasteiger partial charge in [-0.3, -0.25) is 4.79 Å². The molecule has 1 atom stereocenters. The summed E-state index contributed by atoms with van der Waals surface area (Å²) in [4.78, 5) is 26.5. The highest BCUT2D eigenvalue weighted by Gasteiger charge is 2.25. The average Bonchev–Trinajstić information content (AvgIpc) is 2.72. The second-order valence-electron chi connectivity index (χ2n) is 6.79. The van der Waals surface area contributed by atoms with Crippen molar-refractivity contribution in [3.8, 4) is 0 Å². The van der Waals surface area contributed by atoms with Crippen LogP contribution in [0.1, 0.15) is 18.9 Å². The third-order valence-corrected chi connectivity index (χ3v) is 4.68. The molecule has 0 saturated carbocycles. The number of carbonyl (C=O) groups excluding carboxylic acids is 2. The number of hydrogen-bond acceptors (Lipinski definition) is 3. The van der Waals surface area contributed by atoms with Crippen molar-refractivity contribution in [2.24, 2.45) is 0 Å². The standard InChI is InChI=1S/C22H26N4O2/c1-3-14-23-22(28)25-19-12-10-18(11-13-19)24-16(2)21(27)26-15-6-8-17-7-4-5-9-20(17)26/h3-5,7,9-13,16,24H,1,6,8,14-15H2,2H3,(H2,23,25,28). The molecule has 0 radical (unpaired) electrons. The topological polar surface area (TPSA) is 73.5 Å². The van der Waals surface area contributed by atoms with Crippen molar-refractivity contribution < 1.29 is 9.59 Å². The summed E-state index contributed by atoms with van der Waals surface area (Å²) in [6, 6.07) is 14.7. The molecule has 2 aromatic rings. The summed E-state index contributed by atoms with van der Waals surface area (Å²) >= 11 is 0. The van der Waals surface area contributed by atoms with Crippen LogP contribution in [0.15, 0.2) is 61.2 Å². The lowest BCUT2D eigenvalue weighted by Crippen LogP contribution is -2.44. The summed E-state index contributed by atoms with van der Waals surface area (Å²) in [5.74, 6) is 0.0538. The van der Waals surface area contributed by atoms with Gasteiger partial charge in [0.1, 0.15) is 6.04 Å². The smallest absolute Gasteiger partial charge is 0.319 e. The number of nitrogens with zero attached hydrogens (tertiary/aromatic N) is 1. The number of hydrogen-bond donors (Lipinski definition) is 3. The molecule has 6 heteroatoms. The maximum absolute atomic E-state index is 13.0. The minimum Gasteiger partial charge on any atom is -0.374 e. The van der Waals surface area contributed by atoms with E-state index in [2.05, 4.69) is 28.6 Å². The first-order valence-corrected chi connectivity index (χ1v) is 9.50. The molecule has 1 unspecified atom stereocenters. The minimum atomic E-state index is -0.360. The van der Waals surface area contributed by atoms with E-state index in [0.29, 0.717) is 12.2 Å². The molecule has 6 nitrogen and oxygen atoms in total. The Hall–Kier alpha value is -3.28. The van der Waals surface area contributed by atoms with E-state index in [-0.39, 0.29) is 18.0 Å². The van der Waals surface area contributed by atoms with Gasteiger partial charge in [0.15, 0.2) is 0 Å². The van der Waals surface area contributed by atoms with Crippen LogP contribution < -0.4 is 20.9 Å². The van der Waals surface area contributed by atoms with Crippen LogP contribution in [0.3, 0.4) is 0 Å². The second-order valence-corrected chi connectivity index (χ2v) is 6.79. The van der Waals surface area contributed by atoms with Gasteiger partial charge in [0.25, 0.3) is 0 Å². The average molecular weight is 378 g/mol. The van der Waals surface area contributed by atoms with Crippen LogP contribution in [-0.4, -0.2) is 31.1 Å². The van der Waals surface area contributed by atoms with Gasteiger partial charge < -0.3 is 20.9 Å². The number of aryl methyl sites for hydroxylation is 1. The lowest BCUT2D eigenvalue weighted by atomic mass is 10.0. The van der Waals surface area contributed by atoms with E-state index >= 15 is 0 Å². The molecular weight excluding hydrogens is 352 g/mol. The van der Waals surface area contributed by atoms with E-state index in [1.165, 1.54) is 5.56 Å². The van der Waals surface area contributed by atoms with Crippen LogP contribution in [0.4, 0.5) is 21.9 Å². The fourth-order valence-electron chi connectivity index (χ4n) is 3.30. The first-order chi connectivity index (χ1) is 13.6. The van der Waals surface area contributed by atoms with Crippen molar-refractivity contribution in [2.75, 3.05) is 28.6 Å². The molecule has 0 fully saturated rings. The van der Waals surface area contributed by atoms with E-state index in [9.17, 15) is 9.59 Å². The molecule has 1 heterocycles. The zero-order valence-electron chi connectivity index (χ0n) is 16.1. The van der Waals surface area contributed by atoms with Gasteiger partial charge in [-0.25, -0.2) is 4.79 Å². The Morgan fingerprint density at radius 1 is 1.14 bits per heavy atom. The number of fused-ring (bicyclic) bond motifs is 1. The monoisotopic (exact) mass is 378 g/mol. The lowest BCUT2D eigenvalue weighted by Gasteiger charge is -2.32. The van der Waals surface area contributed by atoms with E-state index in [4.69, 9.17) is 0 Å². The fraction of sp³-hybridized carbons (Fsp3) is 0.273.